The number of aromatic hydroxyl groups is 1. The smallest absolute Gasteiger partial charge is 0.243 e. The lowest BCUT2D eigenvalue weighted by molar-refractivity contribution is 0.462. The highest BCUT2D eigenvalue weighted by molar-refractivity contribution is 7.89. The largest absolute Gasteiger partial charge is 0.508 e. The molecule has 2 aromatic carbocycles. The molecule has 0 aliphatic heterocycles. The van der Waals surface area contributed by atoms with Crippen molar-refractivity contribution in [2.45, 2.75) is 18.4 Å². The van der Waals surface area contributed by atoms with Gasteiger partial charge in [0, 0.05) is 13.6 Å². The lowest BCUT2D eigenvalue weighted by atomic mass is 10.2. The summed E-state index contributed by atoms with van der Waals surface area (Å²) in [6.45, 7) is 1.76. The second-order valence-corrected chi connectivity index (χ2v) is 6.85. The van der Waals surface area contributed by atoms with Crippen LogP contribution in [0.4, 0.5) is 4.39 Å². The number of phenols is 1. The zero-order chi connectivity index (χ0) is 15.6. The second kappa shape index (κ2) is 5.83. The van der Waals surface area contributed by atoms with Crippen molar-refractivity contribution < 1.29 is 17.9 Å². The van der Waals surface area contributed by atoms with Crippen molar-refractivity contribution in [3.63, 3.8) is 0 Å². The van der Waals surface area contributed by atoms with Crippen molar-refractivity contribution in [3.8, 4) is 5.75 Å². The third kappa shape index (κ3) is 3.40. The Hall–Kier alpha value is -1.92. The maximum Gasteiger partial charge on any atom is 0.243 e. The fraction of sp³-hybridized carbons (Fsp3) is 0.200. The number of phenolic OH excluding ortho intramolecular Hbond substituents is 1. The highest BCUT2D eigenvalue weighted by Crippen LogP contribution is 2.22. The van der Waals surface area contributed by atoms with Gasteiger partial charge in [0.1, 0.15) is 11.6 Å². The molecule has 2 rings (SSSR count). The zero-order valence-corrected chi connectivity index (χ0v) is 12.6. The molecule has 0 aliphatic carbocycles. The van der Waals surface area contributed by atoms with Crippen LogP contribution >= 0.6 is 0 Å². The molecule has 0 saturated carbocycles. The average Bonchev–Trinajstić information content (AvgIpc) is 2.43. The molecule has 0 atom stereocenters. The molecule has 0 fully saturated rings. The van der Waals surface area contributed by atoms with E-state index in [1.165, 1.54) is 31.3 Å². The minimum Gasteiger partial charge on any atom is -0.508 e. The van der Waals surface area contributed by atoms with Crippen LogP contribution in [0.1, 0.15) is 11.1 Å². The summed E-state index contributed by atoms with van der Waals surface area (Å²) in [7, 11) is -2.33. The van der Waals surface area contributed by atoms with Crippen molar-refractivity contribution in [1.29, 1.82) is 0 Å². The van der Waals surface area contributed by atoms with Gasteiger partial charge in [0.2, 0.25) is 10.0 Å². The van der Waals surface area contributed by atoms with Crippen molar-refractivity contribution in [1.82, 2.24) is 4.31 Å². The Kier molecular flexibility index (Phi) is 4.29. The van der Waals surface area contributed by atoms with Gasteiger partial charge in [0.05, 0.1) is 4.90 Å². The van der Waals surface area contributed by atoms with Gasteiger partial charge >= 0.3 is 0 Å². The number of benzene rings is 2. The quantitative estimate of drug-likeness (QED) is 0.944. The van der Waals surface area contributed by atoms with Gasteiger partial charge < -0.3 is 5.11 Å². The van der Waals surface area contributed by atoms with Crippen molar-refractivity contribution in [2.75, 3.05) is 7.05 Å². The SMILES string of the molecule is Cc1ccc(F)cc1S(=O)(=O)N(C)Cc1ccc(O)cc1. The second-order valence-electron chi connectivity index (χ2n) is 4.84. The molecule has 0 spiro atoms. The number of halogens is 1. The first kappa shape index (κ1) is 15.5. The number of sulfonamides is 1. The first-order chi connectivity index (χ1) is 9.80. The summed E-state index contributed by atoms with van der Waals surface area (Å²) in [6.07, 6.45) is 0. The van der Waals surface area contributed by atoms with Crippen LogP contribution in [0.25, 0.3) is 0 Å². The molecule has 0 bridgehead atoms. The Balaban J connectivity index is 2.30. The van der Waals surface area contributed by atoms with E-state index in [1.807, 2.05) is 0 Å². The van der Waals surface area contributed by atoms with Gasteiger partial charge in [-0.2, -0.15) is 4.31 Å². The molecule has 2 aromatic rings. The Morgan fingerprint density at radius 2 is 1.76 bits per heavy atom. The van der Waals surface area contributed by atoms with Crippen LogP contribution in [-0.4, -0.2) is 24.9 Å². The van der Waals surface area contributed by atoms with E-state index in [0.29, 0.717) is 5.56 Å². The van der Waals surface area contributed by atoms with E-state index in [1.54, 1.807) is 19.1 Å². The topological polar surface area (TPSA) is 57.6 Å². The summed E-state index contributed by atoms with van der Waals surface area (Å²) in [5, 5.41) is 9.22. The summed E-state index contributed by atoms with van der Waals surface area (Å²) in [5.74, 6) is -0.470. The number of nitrogens with zero attached hydrogens (tertiary/aromatic N) is 1. The van der Waals surface area contributed by atoms with Gasteiger partial charge in [-0.3, -0.25) is 0 Å². The minimum atomic E-state index is -3.77. The number of hydrogen-bond donors (Lipinski definition) is 1. The standard InChI is InChI=1S/C15H16FNO3S/c1-11-3-6-13(16)9-15(11)21(19,20)17(2)10-12-4-7-14(18)8-5-12/h3-9,18H,10H2,1-2H3. The number of hydrogen-bond acceptors (Lipinski definition) is 3. The third-order valence-electron chi connectivity index (χ3n) is 3.18. The third-order valence-corrected chi connectivity index (χ3v) is 5.13. The normalized spacial score (nSPS) is 11.8. The van der Waals surface area contributed by atoms with Crippen LogP contribution in [0.2, 0.25) is 0 Å². The molecule has 6 heteroatoms. The molecule has 0 unspecified atom stereocenters. The molecule has 0 amide bonds. The molecule has 21 heavy (non-hydrogen) atoms. The van der Waals surface area contributed by atoms with E-state index in [9.17, 15) is 17.9 Å². The number of rotatable bonds is 4. The maximum absolute atomic E-state index is 13.3. The predicted molar refractivity (Wildman–Crippen MR) is 77.9 cm³/mol. The Morgan fingerprint density at radius 1 is 1.14 bits per heavy atom. The van der Waals surface area contributed by atoms with Crippen molar-refractivity contribution in [2.24, 2.45) is 0 Å². The van der Waals surface area contributed by atoms with Crippen molar-refractivity contribution in [3.05, 3.63) is 59.4 Å². The summed E-state index contributed by atoms with van der Waals surface area (Å²) >= 11 is 0. The van der Waals surface area contributed by atoms with Crippen LogP contribution in [-0.2, 0) is 16.6 Å². The van der Waals surface area contributed by atoms with Crippen LogP contribution < -0.4 is 0 Å². The molecule has 0 saturated heterocycles. The number of aryl methyl sites for hydroxylation is 1. The molecule has 1 N–H and O–H groups in total. The molecule has 4 nitrogen and oxygen atoms in total. The van der Waals surface area contributed by atoms with Crippen LogP contribution in [0.3, 0.4) is 0 Å². The van der Waals surface area contributed by atoms with Crippen LogP contribution in [0, 0.1) is 12.7 Å². The van der Waals surface area contributed by atoms with Gasteiger partial charge in [-0.1, -0.05) is 18.2 Å². The van der Waals surface area contributed by atoms with Gasteiger partial charge in [-0.15, -0.1) is 0 Å². The molecule has 0 heterocycles. The first-order valence-corrected chi connectivity index (χ1v) is 7.75. The highest BCUT2D eigenvalue weighted by atomic mass is 32.2. The lowest BCUT2D eigenvalue weighted by Gasteiger charge is -2.18. The lowest BCUT2D eigenvalue weighted by Crippen LogP contribution is -2.27. The van der Waals surface area contributed by atoms with E-state index in [4.69, 9.17) is 0 Å². The van der Waals surface area contributed by atoms with Crippen LogP contribution in [0.15, 0.2) is 47.4 Å². The first-order valence-electron chi connectivity index (χ1n) is 6.31. The molecular weight excluding hydrogens is 293 g/mol. The van der Waals surface area contributed by atoms with Gasteiger partial charge in [-0.25, -0.2) is 12.8 Å². The minimum absolute atomic E-state index is 0.0382. The average molecular weight is 309 g/mol. The molecular formula is C15H16FNO3S. The van der Waals surface area contributed by atoms with Gasteiger partial charge in [0.25, 0.3) is 0 Å². The summed E-state index contributed by atoms with van der Waals surface area (Å²) in [5.41, 5.74) is 1.22. The fourth-order valence-corrected chi connectivity index (χ4v) is 3.35. The van der Waals surface area contributed by atoms with Crippen LogP contribution in [0.5, 0.6) is 5.75 Å². The van der Waals surface area contributed by atoms with E-state index in [2.05, 4.69) is 0 Å². The Bertz CT molecular complexity index is 742. The van der Waals surface area contributed by atoms with E-state index >= 15 is 0 Å². The van der Waals surface area contributed by atoms with E-state index in [-0.39, 0.29) is 17.2 Å². The summed E-state index contributed by atoms with van der Waals surface area (Å²) in [6, 6.07) is 9.95. The molecule has 112 valence electrons. The maximum atomic E-state index is 13.3. The Labute approximate surface area is 123 Å². The predicted octanol–water partition coefficient (Wildman–Crippen LogP) is 2.66. The Morgan fingerprint density at radius 3 is 2.38 bits per heavy atom. The fourth-order valence-electron chi connectivity index (χ4n) is 1.96. The zero-order valence-electron chi connectivity index (χ0n) is 11.7. The van der Waals surface area contributed by atoms with Crippen molar-refractivity contribution >= 4 is 10.0 Å². The molecule has 0 aromatic heterocycles. The van der Waals surface area contributed by atoms with E-state index in [0.717, 1.165) is 15.9 Å². The summed E-state index contributed by atoms with van der Waals surface area (Å²) < 4.78 is 39.4. The molecule has 0 aliphatic rings. The van der Waals surface area contributed by atoms with Gasteiger partial charge in [0.15, 0.2) is 0 Å². The summed E-state index contributed by atoms with van der Waals surface area (Å²) in [4.78, 5) is -0.0382. The molecule has 0 radical (unpaired) electrons. The highest BCUT2D eigenvalue weighted by Gasteiger charge is 2.23. The van der Waals surface area contributed by atoms with Gasteiger partial charge in [-0.05, 0) is 42.3 Å². The monoisotopic (exact) mass is 309 g/mol. The van der Waals surface area contributed by atoms with E-state index < -0.39 is 15.8 Å².